The number of nitrogens with one attached hydrogen (secondary N) is 1. The molecule has 0 aliphatic carbocycles. The molecule has 0 fully saturated rings. The average Bonchev–Trinajstić information content (AvgIpc) is 3.41. The van der Waals surface area contributed by atoms with E-state index in [0.717, 1.165) is 10.4 Å². The van der Waals surface area contributed by atoms with Gasteiger partial charge >= 0.3 is 0 Å². The number of rotatable bonds is 8. The first-order valence-corrected chi connectivity index (χ1v) is 11.1. The molecule has 1 atom stereocenters. The van der Waals surface area contributed by atoms with Crippen molar-refractivity contribution in [3.8, 4) is 5.75 Å². The lowest BCUT2D eigenvalue weighted by Crippen LogP contribution is -2.43. The largest absolute Gasteiger partial charge is 0.497 e. The van der Waals surface area contributed by atoms with Gasteiger partial charge in [0.2, 0.25) is 5.91 Å². The van der Waals surface area contributed by atoms with E-state index in [0.29, 0.717) is 18.0 Å². The predicted octanol–water partition coefficient (Wildman–Crippen LogP) is 4.25. The van der Waals surface area contributed by atoms with Crippen molar-refractivity contribution >= 4 is 28.8 Å². The number of benzene rings is 2. The molecule has 1 N–H and O–H groups in total. The molecular weight excluding hydrogens is 436 g/mol. The zero-order valence-corrected chi connectivity index (χ0v) is 18.7. The van der Waals surface area contributed by atoms with Gasteiger partial charge in [0.05, 0.1) is 13.3 Å². The fraction of sp³-hybridized carbons (Fsp3) is 0.120. The fourth-order valence-corrected chi connectivity index (χ4v) is 4.17. The second-order valence-electron chi connectivity index (χ2n) is 7.09. The molecule has 0 spiro atoms. The Morgan fingerprint density at radius 3 is 2.45 bits per heavy atom. The van der Waals surface area contributed by atoms with Crippen LogP contribution in [0.5, 0.6) is 5.75 Å². The Bertz CT molecular complexity index is 1180. The van der Waals surface area contributed by atoms with E-state index in [4.69, 9.17) is 4.74 Å². The third kappa shape index (κ3) is 5.24. The SMILES string of the molecule is COc1ccc(N(C(=O)c2cnccn2)[C@H](C(=O)NCc2ccccc2)c2cccs2)cc1. The van der Waals surface area contributed by atoms with E-state index in [1.165, 1.54) is 34.8 Å². The summed E-state index contributed by atoms with van der Waals surface area (Å²) in [6.45, 7) is 0.345. The van der Waals surface area contributed by atoms with Gasteiger partial charge < -0.3 is 10.1 Å². The molecule has 0 radical (unpaired) electrons. The van der Waals surface area contributed by atoms with Gasteiger partial charge in [0, 0.05) is 29.5 Å². The number of hydrogen-bond acceptors (Lipinski definition) is 6. The van der Waals surface area contributed by atoms with Crippen LogP contribution in [0.25, 0.3) is 0 Å². The van der Waals surface area contributed by atoms with Crippen LogP contribution < -0.4 is 15.0 Å². The molecule has 2 heterocycles. The smallest absolute Gasteiger partial charge is 0.279 e. The summed E-state index contributed by atoms with van der Waals surface area (Å²) in [7, 11) is 1.57. The summed E-state index contributed by atoms with van der Waals surface area (Å²) in [5.41, 5.74) is 1.65. The minimum atomic E-state index is -0.892. The van der Waals surface area contributed by atoms with Crippen molar-refractivity contribution in [2.45, 2.75) is 12.6 Å². The average molecular weight is 459 g/mol. The highest BCUT2D eigenvalue weighted by Gasteiger charge is 2.34. The number of hydrogen-bond donors (Lipinski definition) is 1. The standard InChI is InChI=1S/C25H22N4O3S/c1-32-20-11-9-19(10-12-20)29(25(31)21-17-26-13-14-27-21)23(22-8-5-15-33-22)24(30)28-16-18-6-3-2-4-7-18/h2-15,17,23H,16H2,1H3,(H,28,30)/t23-/m0/s1. The number of thiophene rings is 1. The van der Waals surface area contributed by atoms with E-state index in [9.17, 15) is 9.59 Å². The molecule has 33 heavy (non-hydrogen) atoms. The maximum absolute atomic E-state index is 13.6. The van der Waals surface area contributed by atoms with Crippen LogP contribution in [-0.2, 0) is 11.3 Å². The van der Waals surface area contributed by atoms with Crippen molar-refractivity contribution in [1.82, 2.24) is 15.3 Å². The molecule has 0 unspecified atom stereocenters. The number of ether oxygens (including phenoxy) is 1. The van der Waals surface area contributed by atoms with Gasteiger partial charge in [0.1, 0.15) is 11.4 Å². The highest BCUT2D eigenvalue weighted by Crippen LogP contribution is 2.32. The van der Waals surface area contributed by atoms with Gasteiger partial charge in [-0.1, -0.05) is 36.4 Å². The van der Waals surface area contributed by atoms with Crippen molar-refractivity contribution in [2.75, 3.05) is 12.0 Å². The quantitative estimate of drug-likeness (QED) is 0.427. The highest BCUT2D eigenvalue weighted by molar-refractivity contribution is 7.10. The topological polar surface area (TPSA) is 84.4 Å². The van der Waals surface area contributed by atoms with Crippen LogP contribution in [0.3, 0.4) is 0 Å². The zero-order chi connectivity index (χ0) is 23.0. The summed E-state index contributed by atoms with van der Waals surface area (Å²) in [5, 5.41) is 4.86. The molecular formula is C25H22N4O3S. The van der Waals surface area contributed by atoms with Gasteiger partial charge in [-0.3, -0.25) is 19.5 Å². The summed E-state index contributed by atoms with van der Waals surface area (Å²) in [6.07, 6.45) is 4.35. The lowest BCUT2D eigenvalue weighted by molar-refractivity contribution is -0.122. The molecule has 0 bridgehead atoms. The number of methoxy groups -OCH3 is 1. The van der Waals surface area contributed by atoms with Crippen molar-refractivity contribution in [3.63, 3.8) is 0 Å². The summed E-state index contributed by atoms with van der Waals surface area (Å²) < 4.78 is 5.26. The number of nitrogens with zero attached hydrogens (tertiary/aromatic N) is 3. The molecule has 2 amide bonds. The van der Waals surface area contributed by atoms with E-state index in [1.54, 1.807) is 31.4 Å². The van der Waals surface area contributed by atoms with Crippen LogP contribution >= 0.6 is 11.3 Å². The van der Waals surface area contributed by atoms with Gasteiger partial charge in [-0.2, -0.15) is 0 Å². The lowest BCUT2D eigenvalue weighted by atomic mass is 10.1. The first-order chi connectivity index (χ1) is 16.2. The molecule has 2 aromatic heterocycles. The molecule has 0 saturated heterocycles. The Hall–Kier alpha value is -4.04. The second-order valence-corrected chi connectivity index (χ2v) is 8.06. The maximum Gasteiger partial charge on any atom is 0.279 e. The molecule has 7 nitrogen and oxygen atoms in total. The highest BCUT2D eigenvalue weighted by atomic mass is 32.1. The van der Waals surface area contributed by atoms with Gasteiger partial charge in [-0.15, -0.1) is 11.3 Å². The fourth-order valence-electron chi connectivity index (χ4n) is 3.36. The van der Waals surface area contributed by atoms with Crippen LogP contribution in [0, 0.1) is 0 Å². The van der Waals surface area contributed by atoms with E-state index in [1.807, 2.05) is 47.8 Å². The van der Waals surface area contributed by atoms with Crippen LogP contribution in [0.2, 0.25) is 0 Å². The first-order valence-electron chi connectivity index (χ1n) is 10.3. The normalized spacial score (nSPS) is 11.4. The third-order valence-corrected chi connectivity index (χ3v) is 5.91. The molecule has 0 aliphatic rings. The molecule has 8 heteroatoms. The molecule has 0 saturated carbocycles. The van der Waals surface area contributed by atoms with Crippen LogP contribution in [-0.4, -0.2) is 28.9 Å². The van der Waals surface area contributed by atoms with Crippen molar-refractivity contribution in [1.29, 1.82) is 0 Å². The number of aromatic nitrogens is 2. The Labute approximate surface area is 195 Å². The summed E-state index contributed by atoms with van der Waals surface area (Å²) in [4.78, 5) is 37.5. The molecule has 4 aromatic rings. The minimum absolute atomic E-state index is 0.144. The summed E-state index contributed by atoms with van der Waals surface area (Å²) in [5.74, 6) is -0.0808. The van der Waals surface area contributed by atoms with Gasteiger partial charge in [0.15, 0.2) is 6.04 Å². The summed E-state index contributed by atoms with van der Waals surface area (Å²) >= 11 is 1.41. The molecule has 2 aromatic carbocycles. The zero-order valence-electron chi connectivity index (χ0n) is 17.9. The monoisotopic (exact) mass is 458 g/mol. The summed E-state index contributed by atoms with van der Waals surface area (Å²) in [6, 6.07) is 19.4. The number of carbonyl (C=O) groups excluding carboxylic acids is 2. The third-order valence-electron chi connectivity index (χ3n) is 4.98. The van der Waals surface area contributed by atoms with E-state index in [2.05, 4.69) is 15.3 Å². The minimum Gasteiger partial charge on any atom is -0.497 e. The van der Waals surface area contributed by atoms with Crippen molar-refractivity contribution in [2.24, 2.45) is 0 Å². The second kappa shape index (κ2) is 10.5. The Morgan fingerprint density at radius 2 is 1.82 bits per heavy atom. The van der Waals surface area contributed by atoms with Gasteiger partial charge in [-0.05, 0) is 41.3 Å². The Balaban J connectivity index is 1.73. The van der Waals surface area contributed by atoms with Crippen LogP contribution in [0.1, 0.15) is 27.0 Å². The number of amides is 2. The van der Waals surface area contributed by atoms with Crippen molar-refractivity contribution in [3.05, 3.63) is 107 Å². The van der Waals surface area contributed by atoms with E-state index in [-0.39, 0.29) is 11.6 Å². The number of carbonyl (C=O) groups is 2. The first kappa shape index (κ1) is 22.2. The lowest BCUT2D eigenvalue weighted by Gasteiger charge is -2.30. The predicted molar refractivity (Wildman–Crippen MR) is 127 cm³/mol. The van der Waals surface area contributed by atoms with Gasteiger partial charge in [0.25, 0.3) is 5.91 Å². The molecule has 4 rings (SSSR count). The van der Waals surface area contributed by atoms with Crippen LogP contribution in [0.4, 0.5) is 5.69 Å². The Morgan fingerprint density at radius 1 is 1.03 bits per heavy atom. The van der Waals surface area contributed by atoms with Crippen molar-refractivity contribution < 1.29 is 14.3 Å². The van der Waals surface area contributed by atoms with Gasteiger partial charge in [-0.25, -0.2) is 4.98 Å². The van der Waals surface area contributed by atoms with E-state index >= 15 is 0 Å². The molecule has 166 valence electrons. The maximum atomic E-state index is 13.6. The van der Waals surface area contributed by atoms with E-state index < -0.39 is 11.9 Å². The van der Waals surface area contributed by atoms with Crippen LogP contribution in [0.15, 0.2) is 90.7 Å². The Kier molecular flexibility index (Phi) is 7.06. The molecule has 0 aliphatic heterocycles. The number of anilines is 1.